The van der Waals surface area contributed by atoms with Gasteiger partial charge in [-0.25, -0.2) is 8.42 Å². The van der Waals surface area contributed by atoms with E-state index >= 15 is 0 Å². The topological polar surface area (TPSA) is 64.6 Å². The minimum Gasteiger partial charge on any atom is -0.490 e. The lowest BCUT2D eigenvalue weighted by Gasteiger charge is -2.14. The fourth-order valence-corrected chi connectivity index (χ4v) is 4.46. The first-order valence-corrected chi connectivity index (χ1v) is 9.49. The molecule has 0 atom stereocenters. The number of sulfonamides is 1. The van der Waals surface area contributed by atoms with Crippen molar-refractivity contribution in [2.24, 2.45) is 0 Å². The standard InChI is InChI=1S/C15H13BrClNO4S/c16-10-4-1-2-5-15(10)23(19,20)18-12-9-14-13(8-11(12)17)21-6-3-7-22-14/h1-2,4-5,8-9,18H,3,6-7H2. The van der Waals surface area contributed by atoms with Gasteiger partial charge in [0.2, 0.25) is 0 Å². The Morgan fingerprint density at radius 1 is 1.09 bits per heavy atom. The molecule has 2 aromatic carbocycles. The molecule has 1 N–H and O–H groups in total. The fourth-order valence-electron chi connectivity index (χ4n) is 2.12. The van der Waals surface area contributed by atoms with E-state index in [1.807, 2.05) is 0 Å². The Bertz CT molecular complexity index is 841. The van der Waals surface area contributed by atoms with Gasteiger partial charge in [0.05, 0.1) is 23.9 Å². The summed E-state index contributed by atoms with van der Waals surface area (Å²) in [5.41, 5.74) is 0.242. The molecule has 122 valence electrons. The highest BCUT2D eigenvalue weighted by Crippen LogP contribution is 2.38. The summed E-state index contributed by atoms with van der Waals surface area (Å²) < 4.78 is 39.1. The van der Waals surface area contributed by atoms with Crippen LogP contribution in [0.5, 0.6) is 11.5 Å². The Morgan fingerprint density at radius 3 is 2.43 bits per heavy atom. The quantitative estimate of drug-likeness (QED) is 0.816. The number of nitrogens with one attached hydrogen (secondary N) is 1. The van der Waals surface area contributed by atoms with Gasteiger partial charge in [0.25, 0.3) is 10.0 Å². The molecule has 23 heavy (non-hydrogen) atoms. The summed E-state index contributed by atoms with van der Waals surface area (Å²) >= 11 is 9.41. The van der Waals surface area contributed by atoms with Crippen LogP contribution >= 0.6 is 27.5 Å². The van der Waals surface area contributed by atoms with Crippen LogP contribution in [0.2, 0.25) is 5.02 Å². The van der Waals surface area contributed by atoms with Crippen molar-refractivity contribution in [3.63, 3.8) is 0 Å². The molecule has 0 aliphatic carbocycles. The monoisotopic (exact) mass is 417 g/mol. The molecule has 1 heterocycles. The first-order chi connectivity index (χ1) is 11.0. The third-order valence-corrected chi connectivity index (χ3v) is 5.90. The smallest absolute Gasteiger partial charge is 0.263 e. The molecule has 2 aromatic rings. The number of rotatable bonds is 3. The normalized spacial score (nSPS) is 14.2. The molecule has 8 heteroatoms. The Morgan fingerprint density at radius 2 is 1.74 bits per heavy atom. The van der Waals surface area contributed by atoms with Gasteiger partial charge in [-0.05, 0) is 28.1 Å². The van der Waals surface area contributed by atoms with E-state index in [4.69, 9.17) is 21.1 Å². The van der Waals surface area contributed by atoms with Crippen molar-refractivity contribution in [2.75, 3.05) is 17.9 Å². The van der Waals surface area contributed by atoms with Crippen molar-refractivity contribution in [1.29, 1.82) is 0 Å². The van der Waals surface area contributed by atoms with Crippen LogP contribution < -0.4 is 14.2 Å². The number of ether oxygens (including phenoxy) is 2. The van der Waals surface area contributed by atoms with Gasteiger partial charge < -0.3 is 9.47 Å². The molecular formula is C15H13BrClNO4S. The van der Waals surface area contributed by atoms with Crippen LogP contribution in [0, 0.1) is 0 Å². The number of hydrogen-bond donors (Lipinski definition) is 1. The van der Waals surface area contributed by atoms with Gasteiger partial charge in [-0.15, -0.1) is 0 Å². The van der Waals surface area contributed by atoms with E-state index in [2.05, 4.69) is 20.7 Å². The zero-order valence-electron chi connectivity index (χ0n) is 11.9. The average molecular weight is 419 g/mol. The van der Waals surface area contributed by atoms with Crippen LogP contribution in [-0.4, -0.2) is 21.6 Å². The third-order valence-electron chi connectivity index (χ3n) is 3.21. The Kier molecular flexibility index (Phi) is 4.70. The minimum atomic E-state index is -3.78. The predicted octanol–water partition coefficient (Wildman–Crippen LogP) is 4.06. The molecule has 1 aliphatic rings. The van der Waals surface area contributed by atoms with Crippen LogP contribution in [-0.2, 0) is 10.0 Å². The minimum absolute atomic E-state index is 0.128. The SMILES string of the molecule is O=S(=O)(Nc1cc2c(cc1Cl)OCCCO2)c1ccccc1Br. The van der Waals surface area contributed by atoms with Crippen LogP contribution in [0.4, 0.5) is 5.69 Å². The number of fused-ring (bicyclic) bond motifs is 1. The van der Waals surface area contributed by atoms with Gasteiger partial charge in [0, 0.05) is 23.0 Å². The first-order valence-electron chi connectivity index (χ1n) is 6.84. The van der Waals surface area contributed by atoms with Crippen molar-refractivity contribution in [1.82, 2.24) is 0 Å². The molecule has 0 spiro atoms. The van der Waals surface area contributed by atoms with Crippen molar-refractivity contribution >= 4 is 43.2 Å². The summed E-state index contributed by atoms with van der Waals surface area (Å²) in [5.74, 6) is 0.980. The van der Waals surface area contributed by atoms with Gasteiger partial charge >= 0.3 is 0 Å². The second-order valence-corrected chi connectivity index (χ2v) is 7.78. The molecule has 0 saturated carbocycles. The van der Waals surface area contributed by atoms with Crippen molar-refractivity contribution in [2.45, 2.75) is 11.3 Å². The largest absolute Gasteiger partial charge is 0.490 e. The van der Waals surface area contributed by atoms with Crippen LogP contribution in [0.25, 0.3) is 0 Å². The van der Waals surface area contributed by atoms with E-state index in [1.165, 1.54) is 12.1 Å². The van der Waals surface area contributed by atoms with E-state index in [-0.39, 0.29) is 15.6 Å². The van der Waals surface area contributed by atoms with Gasteiger partial charge in [-0.3, -0.25) is 4.72 Å². The Hall–Kier alpha value is -1.44. The predicted molar refractivity (Wildman–Crippen MR) is 92.0 cm³/mol. The van der Waals surface area contributed by atoms with E-state index in [1.54, 1.807) is 24.3 Å². The summed E-state index contributed by atoms with van der Waals surface area (Å²) in [5, 5.41) is 0.241. The van der Waals surface area contributed by atoms with E-state index in [0.717, 1.165) is 6.42 Å². The zero-order chi connectivity index (χ0) is 16.4. The van der Waals surface area contributed by atoms with Crippen molar-refractivity contribution in [3.05, 3.63) is 45.9 Å². The highest BCUT2D eigenvalue weighted by atomic mass is 79.9. The molecule has 0 amide bonds. The van der Waals surface area contributed by atoms with E-state index in [0.29, 0.717) is 29.2 Å². The molecule has 3 rings (SSSR count). The third kappa shape index (κ3) is 3.57. The molecular weight excluding hydrogens is 406 g/mol. The van der Waals surface area contributed by atoms with Crippen molar-refractivity contribution in [3.8, 4) is 11.5 Å². The number of anilines is 1. The molecule has 0 unspecified atom stereocenters. The summed E-state index contributed by atoms with van der Waals surface area (Å²) in [6.07, 6.45) is 0.754. The summed E-state index contributed by atoms with van der Waals surface area (Å²) in [7, 11) is -3.78. The summed E-state index contributed by atoms with van der Waals surface area (Å²) in [6.45, 7) is 1.04. The first kappa shape index (κ1) is 16.4. The van der Waals surface area contributed by atoms with Gasteiger partial charge in [-0.2, -0.15) is 0 Å². The molecule has 0 radical (unpaired) electrons. The lowest BCUT2D eigenvalue weighted by molar-refractivity contribution is 0.297. The summed E-state index contributed by atoms with van der Waals surface area (Å²) in [4.78, 5) is 0.128. The lowest BCUT2D eigenvalue weighted by atomic mass is 10.3. The van der Waals surface area contributed by atoms with Crippen molar-refractivity contribution < 1.29 is 17.9 Å². The zero-order valence-corrected chi connectivity index (χ0v) is 15.0. The number of hydrogen-bond acceptors (Lipinski definition) is 4. The molecule has 1 aliphatic heterocycles. The maximum Gasteiger partial charge on any atom is 0.263 e. The summed E-state index contributed by atoms with van der Waals surface area (Å²) in [6, 6.07) is 9.64. The maximum absolute atomic E-state index is 12.5. The van der Waals surface area contributed by atoms with Crippen LogP contribution in [0.15, 0.2) is 45.8 Å². The maximum atomic E-state index is 12.5. The fraction of sp³-hybridized carbons (Fsp3) is 0.200. The van der Waals surface area contributed by atoms with Gasteiger partial charge in [0.15, 0.2) is 11.5 Å². The molecule has 0 bridgehead atoms. The van der Waals surface area contributed by atoms with E-state index < -0.39 is 10.0 Å². The molecule has 5 nitrogen and oxygen atoms in total. The number of benzene rings is 2. The van der Waals surface area contributed by atoms with Crippen LogP contribution in [0.3, 0.4) is 0 Å². The van der Waals surface area contributed by atoms with Crippen LogP contribution in [0.1, 0.15) is 6.42 Å². The lowest BCUT2D eigenvalue weighted by Crippen LogP contribution is -2.14. The average Bonchev–Trinajstić information content (AvgIpc) is 2.72. The molecule has 0 aromatic heterocycles. The highest BCUT2D eigenvalue weighted by Gasteiger charge is 2.21. The number of halogens is 2. The second kappa shape index (κ2) is 6.59. The van der Waals surface area contributed by atoms with Gasteiger partial charge in [0.1, 0.15) is 4.90 Å². The molecule has 0 saturated heterocycles. The highest BCUT2D eigenvalue weighted by molar-refractivity contribution is 9.10. The Balaban J connectivity index is 1.97. The Labute approximate surface area is 147 Å². The molecule has 0 fully saturated rings. The van der Waals surface area contributed by atoms with Gasteiger partial charge in [-0.1, -0.05) is 23.7 Å². The second-order valence-electron chi connectivity index (χ2n) is 4.87. The van der Waals surface area contributed by atoms with E-state index in [9.17, 15) is 8.42 Å².